The van der Waals surface area contributed by atoms with Gasteiger partial charge in [-0.3, -0.25) is 9.69 Å². The number of hydrogen-bond acceptors (Lipinski definition) is 2. The number of fused-ring (bicyclic) bond motifs is 3. The normalized spacial score (nSPS) is 15.7. The second-order valence-electron chi connectivity index (χ2n) is 9.57. The van der Waals surface area contributed by atoms with Gasteiger partial charge in [-0.05, 0) is 33.4 Å². The van der Waals surface area contributed by atoms with Gasteiger partial charge >= 0.3 is 0 Å². The second-order valence-corrected chi connectivity index (χ2v) is 9.57. The van der Waals surface area contributed by atoms with Gasteiger partial charge in [0.1, 0.15) is 0 Å². The monoisotopic (exact) mass is 458 g/mol. The fourth-order valence-corrected chi connectivity index (χ4v) is 5.90. The number of hydrogen-bond donors (Lipinski definition) is 0. The third-order valence-electron chi connectivity index (χ3n) is 7.60. The first-order chi connectivity index (χ1) is 17.3. The molecule has 4 aromatic carbocycles. The zero-order valence-corrected chi connectivity index (χ0v) is 19.9. The molecule has 6 rings (SSSR count). The molecule has 0 unspecified atom stereocenters. The summed E-state index contributed by atoms with van der Waals surface area (Å²) < 4.78 is 0. The van der Waals surface area contributed by atoms with E-state index in [0.717, 1.165) is 26.2 Å². The number of benzene rings is 4. The van der Waals surface area contributed by atoms with Crippen molar-refractivity contribution >= 4 is 5.91 Å². The van der Waals surface area contributed by atoms with Crippen LogP contribution in [-0.4, -0.2) is 41.9 Å². The summed E-state index contributed by atoms with van der Waals surface area (Å²) in [5, 5.41) is 0. The first-order valence-electron chi connectivity index (χ1n) is 12.6. The Bertz CT molecular complexity index is 1220. The molecule has 0 bridgehead atoms. The second kappa shape index (κ2) is 9.52. The average Bonchev–Trinajstić information content (AvgIpc) is 3.24. The van der Waals surface area contributed by atoms with Crippen LogP contribution in [0, 0.1) is 0 Å². The average molecular weight is 459 g/mol. The van der Waals surface area contributed by atoms with Crippen molar-refractivity contribution in [3.63, 3.8) is 0 Å². The van der Waals surface area contributed by atoms with Gasteiger partial charge in [-0.1, -0.05) is 109 Å². The lowest BCUT2D eigenvalue weighted by molar-refractivity contribution is -0.133. The minimum absolute atomic E-state index is 0.148. The Kier molecular flexibility index (Phi) is 5.93. The predicted octanol–water partition coefficient (Wildman–Crippen LogP) is 6.12. The number of rotatable bonds is 5. The smallest absolute Gasteiger partial charge is 0.223 e. The molecule has 0 saturated carbocycles. The molecule has 174 valence electrons. The summed E-state index contributed by atoms with van der Waals surface area (Å²) in [4.78, 5) is 18.1. The lowest BCUT2D eigenvalue weighted by atomic mass is 9.92. The standard InChI is InChI=1S/C32H30N2O/c35-31(23-30-28-17-9-7-15-26(28)27-16-8-10-18-29(27)30)33-19-21-34(22-20-33)32(24-11-3-1-4-12-24)25-13-5-2-6-14-25/h1-18,30,32H,19-23H2. The van der Waals surface area contributed by atoms with E-state index < -0.39 is 0 Å². The van der Waals surface area contributed by atoms with Crippen molar-refractivity contribution < 1.29 is 4.79 Å². The summed E-state index contributed by atoms with van der Waals surface area (Å²) in [6.45, 7) is 3.28. The summed E-state index contributed by atoms with van der Waals surface area (Å²) in [7, 11) is 0. The fraction of sp³-hybridized carbons (Fsp3) is 0.219. The van der Waals surface area contributed by atoms with Gasteiger partial charge in [0.25, 0.3) is 0 Å². The van der Waals surface area contributed by atoms with E-state index in [2.05, 4.69) is 119 Å². The Morgan fingerprint density at radius 3 is 1.60 bits per heavy atom. The van der Waals surface area contributed by atoms with Crippen LogP contribution in [0.4, 0.5) is 0 Å². The minimum atomic E-state index is 0.148. The molecule has 0 spiro atoms. The van der Waals surface area contributed by atoms with Crippen molar-refractivity contribution in [2.75, 3.05) is 26.2 Å². The van der Waals surface area contributed by atoms with Gasteiger partial charge in [-0.15, -0.1) is 0 Å². The van der Waals surface area contributed by atoms with E-state index in [-0.39, 0.29) is 17.9 Å². The molecule has 1 heterocycles. The molecule has 0 N–H and O–H groups in total. The third kappa shape index (κ3) is 4.17. The Balaban J connectivity index is 1.18. The van der Waals surface area contributed by atoms with Gasteiger partial charge < -0.3 is 4.90 Å². The Morgan fingerprint density at radius 1 is 0.629 bits per heavy atom. The molecule has 1 aliphatic carbocycles. The maximum Gasteiger partial charge on any atom is 0.223 e. The molecule has 2 aliphatic rings. The molecular weight excluding hydrogens is 428 g/mol. The summed E-state index contributed by atoms with van der Waals surface area (Å²) in [5.74, 6) is 0.409. The number of carbonyl (C=O) groups is 1. The van der Waals surface area contributed by atoms with Crippen LogP contribution in [0.25, 0.3) is 11.1 Å². The highest BCUT2D eigenvalue weighted by Gasteiger charge is 2.33. The number of piperazine rings is 1. The first kappa shape index (κ1) is 21.8. The van der Waals surface area contributed by atoms with Crippen molar-refractivity contribution in [2.45, 2.75) is 18.4 Å². The van der Waals surface area contributed by atoms with Crippen molar-refractivity contribution in [3.05, 3.63) is 131 Å². The SMILES string of the molecule is O=C(CC1c2ccccc2-c2ccccc21)N1CCN(C(c2ccccc2)c2ccccc2)CC1. The van der Waals surface area contributed by atoms with E-state index in [4.69, 9.17) is 0 Å². The van der Waals surface area contributed by atoms with Gasteiger partial charge in [0.2, 0.25) is 5.91 Å². The quantitative estimate of drug-likeness (QED) is 0.360. The number of carbonyl (C=O) groups excluding carboxylic acids is 1. The molecule has 0 radical (unpaired) electrons. The largest absolute Gasteiger partial charge is 0.340 e. The van der Waals surface area contributed by atoms with Crippen LogP contribution in [-0.2, 0) is 4.79 Å². The molecule has 3 nitrogen and oxygen atoms in total. The van der Waals surface area contributed by atoms with Crippen molar-refractivity contribution in [3.8, 4) is 11.1 Å². The highest BCUT2D eigenvalue weighted by Crippen LogP contribution is 2.46. The number of amides is 1. The molecule has 1 fully saturated rings. The Labute approximate surface area is 207 Å². The zero-order chi connectivity index (χ0) is 23.6. The third-order valence-corrected chi connectivity index (χ3v) is 7.60. The molecule has 1 saturated heterocycles. The van der Waals surface area contributed by atoms with Gasteiger partial charge in [-0.2, -0.15) is 0 Å². The molecule has 35 heavy (non-hydrogen) atoms. The van der Waals surface area contributed by atoms with Crippen LogP contribution >= 0.6 is 0 Å². The predicted molar refractivity (Wildman–Crippen MR) is 141 cm³/mol. The van der Waals surface area contributed by atoms with E-state index in [1.807, 2.05) is 0 Å². The van der Waals surface area contributed by atoms with Crippen LogP contribution in [0.2, 0.25) is 0 Å². The molecule has 0 atom stereocenters. The van der Waals surface area contributed by atoms with E-state index in [1.54, 1.807) is 0 Å². The van der Waals surface area contributed by atoms with Gasteiger partial charge in [0.15, 0.2) is 0 Å². The van der Waals surface area contributed by atoms with Gasteiger partial charge in [0, 0.05) is 38.5 Å². The number of nitrogens with zero attached hydrogens (tertiary/aromatic N) is 2. The molecule has 1 aliphatic heterocycles. The van der Waals surface area contributed by atoms with E-state index >= 15 is 0 Å². The zero-order valence-electron chi connectivity index (χ0n) is 19.9. The lowest BCUT2D eigenvalue weighted by Crippen LogP contribution is -2.50. The van der Waals surface area contributed by atoms with Gasteiger partial charge in [-0.25, -0.2) is 0 Å². The topological polar surface area (TPSA) is 23.6 Å². The van der Waals surface area contributed by atoms with E-state index in [0.29, 0.717) is 6.42 Å². The fourth-order valence-electron chi connectivity index (χ4n) is 5.90. The summed E-state index contributed by atoms with van der Waals surface area (Å²) in [6.07, 6.45) is 0.537. The van der Waals surface area contributed by atoms with Crippen LogP contribution in [0.15, 0.2) is 109 Å². The maximum absolute atomic E-state index is 13.5. The van der Waals surface area contributed by atoms with Crippen LogP contribution in [0.1, 0.15) is 40.6 Å². The first-order valence-corrected chi connectivity index (χ1v) is 12.6. The minimum Gasteiger partial charge on any atom is -0.340 e. The highest BCUT2D eigenvalue weighted by molar-refractivity contribution is 5.84. The summed E-state index contributed by atoms with van der Waals surface area (Å²) >= 11 is 0. The summed E-state index contributed by atoms with van der Waals surface area (Å²) in [6, 6.07) is 38.8. The maximum atomic E-state index is 13.5. The lowest BCUT2D eigenvalue weighted by Gasteiger charge is -2.40. The van der Waals surface area contributed by atoms with Crippen LogP contribution < -0.4 is 0 Å². The molecule has 3 heteroatoms. The van der Waals surface area contributed by atoms with Crippen molar-refractivity contribution in [1.82, 2.24) is 9.80 Å². The Morgan fingerprint density at radius 2 is 1.09 bits per heavy atom. The highest BCUT2D eigenvalue weighted by atomic mass is 16.2. The Hall–Kier alpha value is -3.69. The molecule has 0 aromatic heterocycles. The van der Waals surface area contributed by atoms with E-state index in [1.165, 1.54) is 33.4 Å². The summed E-state index contributed by atoms with van der Waals surface area (Å²) in [5.41, 5.74) is 7.73. The molecular formula is C32H30N2O. The molecule has 4 aromatic rings. The van der Waals surface area contributed by atoms with Crippen LogP contribution in [0.3, 0.4) is 0 Å². The van der Waals surface area contributed by atoms with Crippen LogP contribution in [0.5, 0.6) is 0 Å². The van der Waals surface area contributed by atoms with Crippen molar-refractivity contribution in [1.29, 1.82) is 0 Å². The molecule has 1 amide bonds. The van der Waals surface area contributed by atoms with Crippen molar-refractivity contribution in [2.24, 2.45) is 0 Å². The van der Waals surface area contributed by atoms with E-state index in [9.17, 15) is 4.79 Å². The van der Waals surface area contributed by atoms with Gasteiger partial charge in [0.05, 0.1) is 6.04 Å².